The third-order valence-electron chi connectivity index (χ3n) is 2.75. The maximum absolute atomic E-state index is 12.5. The van der Waals surface area contributed by atoms with E-state index in [-0.39, 0.29) is 11.3 Å². The third kappa shape index (κ3) is 3.62. The molecule has 0 aromatic heterocycles. The predicted octanol–water partition coefficient (Wildman–Crippen LogP) is 5.59. The molecule has 0 spiro atoms. The first-order valence-corrected chi connectivity index (χ1v) is 6.51. The molecule has 0 aliphatic carbocycles. The van der Waals surface area contributed by atoms with Crippen LogP contribution in [-0.4, -0.2) is 5.38 Å². The van der Waals surface area contributed by atoms with Gasteiger partial charge in [0.15, 0.2) is 0 Å². The van der Waals surface area contributed by atoms with Gasteiger partial charge in [0, 0.05) is 9.85 Å². The Morgan fingerprint density at radius 2 is 1.94 bits per heavy atom. The van der Waals surface area contributed by atoms with Gasteiger partial charge in [-0.15, -0.1) is 11.6 Å². The van der Waals surface area contributed by atoms with Crippen LogP contribution in [0.15, 0.2) is 22.7 Å². The number of rotatable bonds is 3. The van der Waals surface area contributed by atoms with Gasteiger partial charge >= 0.3 is 6.18 Å². The summed E-state index contributed by atoms with van der Waals surface area (Å²) in [4.78, 5) is 0. The van der Waals surface area contributed by atoms with E-state index in [1.807, 2.05) is 13.8 Å². The molecule has 96 valence electrons. The fraction of sp³-hybridized carbons (Fsp3) is 0.500. The van der Waals surface area contributed by atoms with Crippen molar-refractivity contribution in [3.63, 3.8) is 0 Å². The highest BCUT2D eigenvalue weighted by Crippen LogP contribution is 2.36. The van der Waals surface area contributed by atoms with Crippen molar-refractivity contribution in [2.24, 2.45) is 0 Å². The second-order valence-electron chi connectivity index (χ2n) is 3.95. The lowest BCUT2D eigenvalue weighted by molar-refractivity contribution is -0.137. The second-order valence-corrected chi connectivity index (χ2v) is 5.36. The summed E-state index contributed by atoms with van der Waals surface area (Å²) in [5.74, 6) is 0.0123. The fourth-order valence-corrected chi connectivity index (χ4v) is 2.50. The Morgan fingerprint density at radius 1 is 1.35 bits per heavy atom. The monoisotopic (exact) mass is 328 g/mol. The Bertz CT molecular complexity index is 390. The Morgan fingerprint density at radius 3 is 2.35 bits per heavy atom. The number of alkyl halides is 4. The quantitative estimate of drug-likeness (QED) is 0.634. The van der Waals surface area contributed by atoms with E-state index in [1.165, 1.54) is 6.07 Å². The molecule has 0 amide bonds. The summed E-state index contributed by atoms with van der Waals surface area (Å²) >= 11 is 9.29. The van der Waals surface area contributed by atoms with Gasteiger partial charge in [0.05, 0.1) is 5.56 Å². The maximum Gasteiger partial charge on any atom is 0.416 e. The first-order chi connectivity index (χ1) is 7.77. The lowest BCUT2D eigenvalue weighted by Crippen LogP contribution is -2.10. The maximum atomic E-state index is 12.5. The molecule has 0 saturated heterocycles. The lowest BCUT2D eigenvalue weighted by atomic mass is 9.95. The molecule has 0 heterocycles. The zero-order chi connectivity index (χ0) is 13.2. The highest BCUT2D eigenvalue weighted by Gasteiger charge is 2.31. The molecule has 0 bridgehead atoms. The molecule has 0 radical (unpaired) electrons. The first-order valence-electron chi connectivity index (χ1n) is 5.28. The second kappa shape index (κ2) is 5.61. The van der Waals surface area contributed by atoms with E-state index in [0.29, 0.717) is 4.47 Å². The van der Waals surface area contributed by atoms with Crippen molar-refractivity contribution in [1.82, 2.24) is 0 Å². The number of benzene rings is 1. The van der Waals surface area contributed by atoms with Gasteiger partial charge in [0.2, 0.25) is 0 Å². The summed E-state index contributed by atoms with van der Waals surface area (Å²) < 4.78 is 37.9. The molecule has 0 aliphatic heterocycles. The van der Waals surface area contributed by atoms with Crippen molar-refractivity contribution in [3.8, 4) is 0 Å². The van der Waals surface area contributed by atoms with Crippen LogP contribution in [0.5, 0.6) is 0 Å². The van der Waals surface area contributed by atoms with Gasteiger partial charge in [-0.25, -0.2) is 0 Å². The van der Waals surface area contributed by atoms with Gasteiger partial charge < -0.3 is 0 Å². The van der Waals surface area contributed by atoms with Crippen molar-refractivity contribution in [3.05, 3.63) is 33.8 Å². The predicted molar refractivity (Wildman–Crippen MR) is 67.5 cm³/mol. The fourth-order valence-electron chi connectivity index (χ4n) is 1.62. The Labute approximate surface area is 112 Å². The molecule has 1 aromatic carbocycles. The zero-order valence-corrected chi connectivity index (χ0v) is 11.8. The van der Waals surface area contributed by atoms with Gasteiger partial charge in [0.1, 0.15) is 0 Å². The Kier molecular flexibility index (Phi) is 4.90. The van der Waals surface area contributed by atoms with Crippen LogP contribution in [-0.2, 0) is 6.18 Å². The Balaban J connectivity index is 3.06. The van der Waals surface area contributed by atoms with E-state index in [0.717, 1.165) is 24.1 Å². The third-order valence-corrected chi connectivity index (χ3v) is 4.12. The van der Waals surface area contributed by atoms with Crippen molar-refractivity contribution in [1.29, 1.82) is 0 Å². The van der Waals surface area contributed by atoms with Crippen LogP contribution >= 0.6 is 27.5 Å². The average molecular weight is 330 g/mol. The minimum absolute atomic E-state index is 0.0123. The van der Waals surface area contributed by atoms with Gasteiger partial charge in [-0.3, -0.25) is 0 Å². The molecule has 0 N–H and O–H groups in total. The van der Waals surface area contributed by atoms with E-state index >= 15 is 0 Å². The minimum Gasteiger partial charge on any atom is -0.166 e. The lowest BCUT2D eigenvalue weighted by Gasteiger charge is -2.19. The summed E-state index contributed by atoms with van der Waals surface area (Å²) in [6.07, 6.45) is -3.54. The van der Waals surface area contributed by atoms with Crippen LogP contribution in [0.25, 0.3) is 0 Å². The van der Waals surface area contributed by atoms with Crippen molar-refractivity contribution < 1.29 is 13.2 Å². The first kappa shape index (κ1) is 14.8. The van der Waals surface area contributed by atoms with E-state index in [2.05, 4.69) is 15.9 Å². The molecule has 5 heteroatoms. The highest BCUT2D eigenvalue weighted by atomic mass is 79.9. The van der Waals surface area contributed by atoms with E-state index in [9.17, 15) is 13.2 Å². The van der Waals surface area contributed by atoms with E-state index in [1.54, 1.807) is 0 Å². The molecule has 2 atom stereocenters. The standard InChI is InChI=1S/C12H13BrClF3/c1-3-11(14)7(2)9-5-4-8(6-10(9)13)12(15,16)17/h4-7,11H,3H2,1-2H3. The van der Waals surface area contributed by atoms with Gasteiger partial charge in [-0.1, -0.05) is 35.8 Å². The highest BCUT2D eigenvalue weighted by molar-refractivity contribution is 9.10. The molecule has 2 unspecified atom stereocenters. The number of hydrogen-bond acceptors (Lipinski definition) is 0. The normalized spacial score (nSPS) is 15.7. The summed E-state index contributed by atoms with van der Waals surface area (Å²) in [6, 6.07) is 3.68. The van der Waals surface area contributed by atoms with Crippen molar-refractivity contribution in [2.45, 2.75) is 37.7 Å². The summed E-state index contributed by atoms with van der Waals surface area (Å²) in [5, 5.41) is -0.0805. The van der Waals surface area contributed by atoms with Gasteiger partial charge in [0.25, 0.3) is 0 Å². The molecule has 17 heavy (non-hydrogen) atoms. The van der Waals surface area contributed by atoms with Crippen LogP contribution in [0, 0.1) is 0 Å². The van der Waals surface area contributed by atoms with E-state index < -0.39 is 11.7 Å². The van der Waals surface area contributed by atoms with Gasteiger partial charge in [-0.2, -0.15) is 13.2 Å². The van der Waals surface area contributed by atoms with Gasteiger partial charge in [-0.05, 0) is 30.0 Å². The minimum atomic E-state index is -4.31. The molecule has 0 nitrogen and oxygen atoms in total. The van der Waals surface area contributed by atoms with E-state index in [4.69, 9.17) is 11.6 Å². The Hall–Kier alpha value is -0.220. The van der Waals surface area contributed by atoms with Crippen molar-refractivity contribution >= 4 is 27.5 Å². The molecular weight excluding hydrogens is 316 g/mol. The van der Waals surface area contributed by atoms with Crippen LogP contribution in [0.1, 0.15) is 37.3 Å². The van der Waals surface area contributed by atoms with Crippen LogP contribution < -0.4 is 0 Å². The molecule has 1 aromatic rings. The zero-order valence-electron chi connectivity index (χ0n) is 9.48. The molecule has 0 fully saturated rings. The van der Waals surface area contributed by atoms with Crippen molar-refractivity contribution in [2.75, 3.05) is 0 Å². The molecule has 1 rings (SSSR count). The smallest absolute Gasteiger partial charge is 0.166 e. The van der Waals surface area contributed by atoms with Crippen LogP contribution in [0.2, 0.25) is 0 Å². The molecule has 0 saturated carbocycles. The SMILES string of the molecule is CCC(Cl)C(C)c1ccc(C(F)(F)F)cc1Br. The van der Waals surface area contributed by atoms with Crippen LogP contribution in [0.4, 0.5) is 13.2 Å². The molecule has 0 aliphatic rings. The topological polar surface area (TPSA) is 0 Å². The molecular formula is C12H13BrClF3. The summed E-state index contributed by atoms with van der Waals surface area (Å²) in [5.41, 5.74) is 0.155. The summed E-state index contributed by atoms with van der Waals surface area (Å²) in [7, 11) is 0. The number of halogens is 5. The summed E-state index contributed by atoms with van der Waals surface area (Å²) in [6.45, 7) is 3.86. The average Bonchev–Trinajstić information content (AvgIpc) is 2.25. The number of hydrogen-bond donors (Lipinski definition) is 0. The van der Waals surface area contributed by atoms with Crippen LogP contribution in [0.3, 0.4) is 0 Å². The largest absolute Gasteiger partial charge is 0.416 e.